The zero-order valence-electron chi connectivity index (χ0n) is 23.6. The van der Waals surface area contributed by atoms with E-state index in [1.54, 1.807) is 0 Å². The number of para-hydroxylation sites is 1. The van der Waals surface area contributed by atoms with Gasteiger partial charge in [-0.15, -0.1) is 0 Å². The quantitative estimate of drug-likeness (QED) is 0.171. The molecule has 43 heavy (non-hydrogen) atoms. The first-order valence-electron chi connectivity index (χ1n) is 14.1. The van der Waals surface area contributed by atoms with E-state index in [1.807, 2.05) is 121 Å². The SMILES string of the molecule is O=C(NC(Cc1c[nH]c2ccccc12)C(=O)N[C@@H](Cc1ccccc1)C(=O)OCc1ccccc1)OCc1ccccc1. The van der Waals surface area contributed by atoms with Crippen LogP contribution in [0.3, 0.4) is 0 Å². The van der Waals surface area contributed by atoms with E-state index in [0.29, 0.717) is 0 Å². The summed E-state index contributed by atoms with van der Waals surface area (Å²) < 4.78 is 11.0. The van der Waals surface area contributed by atoms with Gasteiger partial charge in [0, 0.05) is 29.9 Å². The van der Waals surface area contributed by atoms with E-state index in [4.69, 9.17) is 9.47 Å². The fraction of sp³-hybridized carbons (Fsp3) is 0.171. The van der Waals surface area contributed by atoms with Crippen LogP contribution in [0.2, 0.25) is 0 Å². The van der Waals surface area contributed by atoms with Gasteiger partial charge in [-0.2, -0.15) is 0 Å². The van der Waals surface area contributed by atoms with Crippen LogP contribution in [0.4, 0.5) is 4.79 Å². The first kappa shape index (κ1) is 29.1. The molecule has 0 bridgehead atoms. The molecule has 8 nitrogen and oxygen atoms in total. The van der Waals surface area contributed by atoms with E-state index in [-0.39, 0.29) is 26.1 Å². The zero-order chi connectivity index (χ0) is 29.9. The summed E-state index contributed by atoms with van der Waals surface area (Å²) >= 11 is 0. The number of rotatable bonds is 12. The maximum atomic E-state index is 13.8. The average molecular weight is 576 g/mol. The Morgan fingerprint density at radius 3 is 1.81 bits per heavy atom. The Kier molecular flexibility index (Phi) is 9.82. The average Bonchev–Trinajstić information content (AvgIpc) is 3.46. The smallest absolute Gasteiger partial charge is 0.408 e. The summed E-state index contributed by atoms with van der Waals surface area (Å²) in [4.78, 5) is 43.2. The first-order valence-corrected chi connectivity index (χ1v) is 14.1. The van der Waals surface area contributed by atoms with Crippen molar-refractivity contribution in [2.24, 2.45) is 0 Å². The maximum Gasteiger partial charge on any atom is 0.408 e. The van der Waals surface area contributed by atoms with Crippen LogP contribution in [0.25, 0.3) is 10.9 Å². The summed E-state index contributed by atoms with van der Waals surface area (Å²) in [6.07, 6.45) is 1.47. The number of carbonyl (C=O) groups is 3. The fourth-order valence-electron chi connectivity index (χ4n) is 4.78. The molecular formula is C35H33N3O5. The summed E-state index contributed by atoms with van der Waals surface area (Å²) in [5, 5.41) is 6.50. The highest BCUT2D eigenvalue weighted by Gasteiger charge is 2.29. The van der Waals surface area contributed by atoms with E-state index in [0.717, 1.165) is 33.2 Å². The molecule has 0 saturated heterocycles. The number of H-pyrrole nitrogens is 1. The Morgan fingerprint density at radius 1 is 0.605 bits per heavy atom. The Labute approximate surface area is 250 Å². The first-order chi connectivity index (χ1) is 21.0. The van der Waals surface area contributed by atoms with Gasteiger partial charge in [-0.25, -0.2) is 9.59 Å². The van der Waals surface area contributed by atoms with E-state index in [2.05, 4.69) is 15.6 Å². The Balaban J connectivity index is 1.33. The largest absolute Gasteiger partial charge is 0.459 e. The fourth-order valence-corrected chi connectivity index (χ4v) is 4.78. The molecule has 1 unspecified atom stereocenters. The van der Waals surface area contributed by atoms with Crippen molar-refractivity contribution in [2.45, 2.75) is 38.1 Å². The van der Waals surface area contributed by atoms with Crippen molar-refractivity contribution >= 4 is 28.9 Å². The number of hydrogen-bond donors (Lipinski definition) is 3. The highest BCUT2D eigenvalue weighted by atomic mass is 16.5. The number of benzene rings is 4. The molecule has 2 atom stereocenters. The molecule has 1 aromatic heterocycles. The van der Waals surface area contributed by atoms with Crippen molar-refractivity contribution in [1.29, 1.82) is 0 Å². The van der Waals surface area contributed by atoms with Crippen LogP contribution in [-0.4, -0.2) is 35.0 Å². The number of fused-ring (bicyclic) bond motifs is 1. The number of hydrogen-bond acceptors (Lipinski definition) is 5. The number of nitrogens with one attached hydrogen (secondary N) is 3. The van der Waals surface area contributed by atoms with Crippen molar-refractivity contribution in [3.05, 3.63) is 144 Å². The van der Waals surface area contributed by atoms with Crippen molar-refractivity contribution in [1.82, 2.24) is 15.6 Å². The summed E-state index contributed by atoms with van der Waals surface area (Å²) in [6, 6.07) is 33.7. The van der Waals surface area contributed by atoms with Crippen LogP contribution in [0, 0.1) is 0 Å². The van der Waals surface area contributed by atoms with Crippen LogP contribution in [0.5, 0.6) is 0 Å². The van der Waals surface area contributed by atoms with Crippen LogP contribution in [0.15, 0.2) is 121 Å². The Hall–Kier alpha value is -5.37. The highest BCUT2D eigenvalue weighted by Crippen LogP contribution is 2.19. The van der Waals surface area contributed by atoms with Crippen LogP contribution < -0.4 is 10.6 Å². The van der Waals surface area contributed by atoms with Gasteiger partial charge in [-0.1, -0.05) is 109 Å². The van der Waals surface area contributed by atoms with Gasteiger partial charge >= 0.3 is 12.1 Å². The molecule has 5 aromatic rings. The summed E-state index contributed by atoms with van der Waals surface area (Å²) in [5.41, 5.74) is 4.26. The maximum absolute atomic E-state index is 13.8. The minimum atomic E-state index is -1.03. The van der Waals surface area contributed by atoms with Gasteiger partial charge in [0.15, 0.2) is 0 Å². The third-order valence-corrected chi connectivity index (χ3v) is 7.03. The van der Waals surface area contributed by atoms with Gasteiger partial charge in [0.1, 0.15) is 25.3 Å². The van der Waals surface area contributed by atoms with E-state index >= 15 is 0 Å². The van der Waals surface area contributed by atoms with E-state index in [1.165, 1.54) is 0 Å². The van der Waals surface area contributed by atoms with E-state index in [9.17, 15) is 14.4 Å². The topological polar surface area (TPSA) is 110 Å². The standard InChI is InChI=1S/C35H33N3O5/c39-33(37-32(20-25-12-4-1-5-13-25)34(40)42-23-26-14-6-2-7-15-26)31(21-28-22-36-30-19-11-10-18-29(28)30)38-35(41)43-24-27-16-8-3-9-17-27/h1-19,22,31-32,36H,20-21,23-24H2,(H,37,39)(H,38,41)/t31?,32-/m0/s1. The van der Waals surface area contributed by atoms with Gasteiger partial charge in [0.05, 0.1) is 0 Å². The molecule has 0 radical (unpaired) electrons. The second kappa shape index (κ2) is 14.5. The normalized spacial score (nSPS) is 12.2. The van der Waals surface area contributed by atoms with Gasteiger partial charge < -0.3 is 25.1 Å². The highest BCUT2D eigenvalue weighted by molar-refractivity contribution is 5.91. The molecule has 0 spiro atoms. The summed E-state index contributed by atoms with van der Waals surface area (Å²) in [6.45, 7) is 0.125. The van der Waals surface area contributed by atoms with Crippen molar-refractivity contribution in [3.8, 4) is 0 Å². The lowest BCUT2D eigenvalue weighted by molar-refractivity contribution is -0.149. The number of aromatic amines is 1. The molecular weight excluding hydrogens is 542 g/mol. The molecule has 0 fully saturated rings. The number of aromatic nitrogens is 1. The van der Waals surface area contributed by atoms with Crippen molar-refractivity contribution in [3.63, 3.8) is 0 Å². The molecule has 1 heterocycles. The van der Waals surface area contributed by atoms with Crippen LogP contribution >= 0.6 is 0 Å². The number of ether oxygens (including phenoxy) is 2. The van der Waals surface area contributed by atoms with Gasteiger partial charge in [0.25, 0.3) is 0 Å². The van der Waals surface area contributed by atoms with Crippen LogP contribution in [-0.2, 0) is 45.1 Å². The molecule has 0 aliphatic rings. The Morgan fingerprint density at radius 2 is 1.16 bits per heavy atom. The minimum Gasteiger partial charge on any atom is -0.459 e. The molecule has 0 saturated carbocycles. The van der Waals surface area contributed by atoms with Crippen molar-refractivity contribution < 1.29 is 23.9 Å². The molecule has 5 rings (SSSR count). The van der Waals surface area contributed by atoms with Gasteiger partial charge in [-0.3, -0.25) is 4.79 Å². The third-order valence-electron chi connectivity index (χ3n) is 7.03. The molecule has 4 aromatic carbocycles. The molecule has 3 N–H and O–H groups in total. The van der Waals surface area contributed by atoms with E-state index < -0.39 is 30.1 Å². The number of amides is 2. The number of alkyl carbamates (subject to hydrolysis) is 1. The predicted molar refractivity (Wildman–Crippen MR) is 164 cm³/mol. The van der Waals surface area contributed by atoms with Gasteiger partial charge in [-0.05, 0) is 28.3 Å². The molecule has 0 aliphatic carbocycles. The Bertz CT molecular complexity index is 1640. The molecule has 218 valence electrons. The predicted octanol–water partition coefficient (Wildman–Crippen LogP) is 5.48. The number of esters is 1. The summed E-state index contributed by atoms with van der Waals surface area (Å²) in [7, 11) is 0. The summed E-state index contributed by atoms with van der Waals surface area (Å²) in [5.74, 6) is -1.10. The lowest BCUT2D eigenvalue weighted by Crippen LogP contribution is -2.53. The monoisotopic (exact) mass is 575 g/mol. The van der Waals surface area contributed by atoms with Crippen LogP contribution in [0.1, 0.15) is 22.3 Å². The third kappa shape index (κ3) is 8.33. The lowest BCUT2D eigenvalue weighted by Gasteiger charge is -2.23. The van der Waals surface area contributed by atoms with Gasteiger partial charge in [0.2, 0.25) is 5.91 Å². The zero-order valence-corrected chi connectivity index (χ0v) is 23.6. The molecule has 8 heteroatoms. The second-order valence-corrected chi connectivity index (χ2v) is 10.2. The number of carbonyl (C=O) groups excluding carboxylic acids is 3. The lowest BCUT2D eigenvalue weighted by atomic mass is 10.0. The minimum absolute atomic E-state index is 0.0521. The van der Waals surface area contributed by atoms with Crippen molar-refractivity contribution in [2.75, 3.05) is 0 Å². The molecule has 0 aliphatic heterocycles. The molecule has 2 amide bonds. The second-order valence-electron chi connectivity index (χ2n) is 10.2.